The molecule has 0 unspecified atom stereocenters. The lowest BCUT2D eigenvalue weighted by molar-refractivity contribution is -0.117. The summed E-state index contributed by atoms with van der Waals surface area (Å²) >= 11 is 4.04. The average molecular weight is 464 g/mol. The minimum atomic E-state index is 0.257. The van der Waals surface area contributed by atoms with E-state index in [0.717, 1.165) is 48.3 Å². The van der Waals surface area contributed by atoms with E-state index in [2.05, 4.69) is 50.5 Å². The third-order valence-electron chi connectivity index (χ3n) is 10.1. The molecule has 0 heterocycles. The molecule has 0 N–H and O–H groups in total. The van der Waals surface area contributed by atoms with Gasteiger partial charge in [0.15, 0.2) is 5.78 Å². The summed E-state index contributed by atoms with van der Waals surface area (Å²) < 4.78 is 0. The van der Waals surface area contributed by atoms with Crippen LogP contribution in [0.1, 0.15) is 98.8 Å². The summed E-state index contributed by atoms with van der Waals surface area (Å²) in [6, 6.07) is 0. The number of rotatable bonds is 5. The number of alkyl halides is 1. The van der Waals surface area contributed by atoms with Crippen LogP contribution in [-0.2, 0) is 4.79 Å². The second-order valence-electron chi connectivity index (χ2n) is 12.1. The summed E-state index contributed by atoms with van der Waals surface area (Å²) in [5, 5.41) is 0. The molecule has 0 aromatic carbocycles. The lowest BCUT2D eigenvalue weighted by Gasteiger charge is -2.59. The average Bonchev–Trinajstić information content (AvgIpc) is 3.00. The Kier molecular flexibility index (Phi) is 6.17. The van der Waals surface area contributed by atoms with E-state index in [0.29, 0.717) is 16.0 Å². The van der Waals surface area contributed by atoms with Crippen LogP contribution in [0.2, 0.25) is 0 Å². The van der Waals surface area contributed by atoms with Gasteiger partial charge < -0.3 is 0 Å². The molecule has 0 radical (unpaired) electrons. The molecule has 0 amide bonds. The van der Waals surface area contributed by atoms with Crippen LogP contribution in [0.3, 0.4) is 0 Å². The van der Waals surface area contributed by atoms with Gasteiger partial charge in [0.2, 0.25) is 0 Å². The standard InChI is InChI=1S/C27H43BrO/c1-17(2)7-6-8-18(3)21-9-10-22-20-16-25(28)24-15-19(29)11-13-27(24,5)23(20)12-14-26(21,22)4/h15,17-18,20-23,25H,6-14,16H2,1-5H3/t18-,20+,21-,22+,23+,25-,26-,27-/m1/s1. The van der Waals surface area contributed by atoms with Crippen LogP contribution in [0, 0.1) is 46.3 Å². The van der Waals surface area contributed by atoms with Gasteiger partial charge in [0.25, 0.3) is 0 Å². The molecule has 0 aliphatic heterocycles. The smallest absolute Gasteiger partial charge is 0.155 e. The zero-order valence-corrected chi connectivity index (χ0v) is 21.1. The van der Waals surface area contributed by atoms with Crippen LogP contribution in [0.15, 0.2) is 11.6 Å². The Bertz CT molecular complexity index is 665. The fraction of sp³-hybridized carbons (Fsp3) is 0.889. The molecule has 164 valence electrons. The first kappa shape index (κ1) is 22.1. The molecule has 1 nitrogen and oxygen atoms in total. The zero-order chi connectivity index (χ0) is 21.0. The molecule has 2 heteroatoms. The molecule has 0 aromatic heterocycles. The van der Waals surface area contributed by atoms with E-state index in [4.69, 9.17) is 0 Å². The summed E-state index contributed by atoms with van der Waals surface area (Å²) in [6.07, 6.45) is 15.1. The second-order valence-corrected chi connectivity index (χ2v) is 13.2. The third-order valence-corrected chi connectivity index (χ3v) is 11.0. The topological polar surface area (TPSA) is 17.1 Å². The highest BCUT2D eigenvalue weighted by Crippen LogP contribution is 2.68. The Balaban J connectivity index is 1.53. The van der Waals surface area contributed by atoms with Gasteiger partial charge in [-0.3, -0.25) is 4.79 Å². The number of fused-ring (bicyclic) bond motifs is 5. The van der Waals surface area contributed by atoms with Crippen molar-refractivity contribution in [3.05, 3.63) is 11.6 Å². The highest BCUT2D eigenvalue weighted by Gasteiger charge is 2.60. The zero-order valence-electron chi connectivity index (χ0n) is 19.5. The third kappa shape index (κ3) is 3.72. The first-order chi connectivity index (χ1) is 13.7. The maximum atomic E-state index is 12.1. The Morgan fingerprint density at radius 2 is 1.83 bits per heavy atom. The van der Waals surface area contributed by atoms with E-state index < -0.39 is 0 Å². The quantitative estimate of drug-likeness (QED) is 0.378. The Morgan fingerprint density at radius 3 is 2.55 bits per heavy atom. The lowest BCUT2D eigenvalue weighted by Crippen LogP contribution is -2.53. The SMILES string of the molecule is CC(C)CCC[C@@H](C)[C@H]1CC[C@H]2[C@@H]3C[C@@H](Br)C4=CC(=O)CC[C@]4(C)[C@H]3CC[C@]12C. The monoisotopic (exact) mass is 462 g/mol. The molecule has 3 fully saturated rings. The van der Waals surface area contributed by atoms with E-state index in [1.165, 1.54) is 56.9 Å². The van der Waals surface area contributed by atoms with Crippen molar-refractivity contribution in [2.45, 2.75) is 104 Å². The van der Waals surface area contributed by atoms with Crippen molar-refractivity contribution >= 4 is 21.7 Å². The minimum absolute atomic E-state index is 0.257. The number of ketones is 1. The second kappa shape index (κ2) is 8.10. The Labute approximate surface area is 188 Å². The summed E-state index contributed by atoms with van der Waals surface area (Å²) in [5.41, 5.74) is 2.25. The highest BCUT2D eigenvalue weighted by molar-refractivity contribution is 9.09. The van der Waals surface area contributed by atoms with Crippen LogP contribution in [0.4, 0.5) is 0 Å². The van der Waals surface area contributed by atoms with Crippen molar-refractivity contribution in [3.8, 4) is 0 Å². The Hall–Kier alpha value is -0.110. The van der Waals surface area contributed by atoms with Gasteiger partial charge in [0, 0.05) is 11.2 Å². The minimum Gasteiger partial charge on any atom is -0.295 e. The molecule has 4 aliphatic carbocycles. The predicted octanol–water partition coefficient (Wildman–Crippen LogP) is 7.97. The maximum absolute atomic E-state index is 12.1. The number of hydrogen-bond donors (Lipinski definition) is 0. The van der Waals surface area contributed by atoms with Gasteiger partial charge in [-0.2, -0.15) is 0 Å². The molecule has 8 atom stereocenters. The van der Waals surface area contributed by atoms with Crippen molar-refractivity contribution in [1.29, 1.82) is 0 Å². The Morgan fingerprint density at radius 1 is 1.07 bits per heavy atom. The first-order valence-electron chi connectivity index (χ1n) is 12.6. The van der Waals surface area contributed by atoms with Crippen LogP contribution < -0.4 is 0 Å². The van der Waals surface area contributed by atoms with Crippen molar-refractivity contribution in [2.24, 2.45) is 46.3 Å². The fourth-order valence-corrected chi connectivity index (χ4v) is 9.67. The van der Waals surface area contributed by atoms with Crippen molar-refractivity contribution in [2.75, 3.05) is 0 Å². The summed E-state index contributed by atoms with van der Waals surface area (Å²) in [4.78, 5) is 12.6. The molecular formula is C27H43BrO. The van der Waals surface area contributed by atoms with E-state index in [-0.39, 0.29) is 5.41 Å². The van der Waals surface area contributed by atoms with E-state index in [1.54, 1.807) is 0 Å². The molecule has 0 spiro atoms. The van der Waals surface area contributed by atoms with Gasteiger partial charge in [-0.25, -0.2) is 0 Å². The summed E-state index contributed by atoms with van der Waals surface area (Å²) in [5.74, 6) is 5.54. The van der Waals surface area contributed by atoms with Gasteiger partial charge in [0.1, 0.15) is 0 Å². The van der Waals surface area contributed by atoms with Crippen molar-refractivity contribution in [1.82, 2.24) is 0 Å². The van der Waals surface area contributed by atoms with Crippen LogP contribution in [0.25, 0.3) is 0 Å². The van der Waals surface area contributed by atoms with Crippen LogP contribution in [-0.4, -0.2) is 10.6 Å². The molecule has 4 aliphatic rings. The van der Waals surface area contributed by atoms with E-state index >= 15 is 0 Å². The van der Waals surface area contributed by atoms with Crippen molar-refractivity contribution in [3.63, 3.8) is 0 Å². The molecular weight excluding hydrogens is 420 g/mol. The normalized spacial score (nSPS) is 45.4. The van der Waals surface area contributed by atoms with Gasteiger partial charge in [-0.05, 0) is 96.5 Å². The van der Waals surface area contributed by atoms with E-state index in [1.807, 2.05) is 6.08 Å². The number of hydrogen-bond acceptors (Lipinski definition) is 1. The van der Waals surface area contributed by atoms with Gasteiger partial charge in [-0.15, -0.1) is 0 Å². The van der Waals surface area contributed by atoms with Crippen LogP contribution >= 0.6 is 15.9 Å². The number of carbonyl (C=O) groups is 1. The molecule has 3 saturated carbocycles. The van der Waals surface area contributed by atoms with Gasteiger partial charge in [-0.1, -0.05) is 69.8 Å². The molecule has 4 rings (SSSR count). The van der Waals surface area contributed by atoms with Crippen molar-refractivity contribution < 1.29 is 4.79 Å². The van der Waals surface area contributed by atoms with Crippen LogP contribution in [0.5, 0.6) is 0 Å². The molecule has 0 aromatic rings. The first-order valence-corrected chi connectivity index (χ1v) is 13.5. The molecule has 29 heavy (non-hydrogen) atoms. The largest absolute Gasteiger partial charge is 0.295 e. The molecule has 0 bridgehead atoms. The highest BCUT2D eigenvalue weighted by atomic mass is 79.9. The molecule has 0 saturated heterocycles. The summed E-state index contributed by atoms with van der Waals surface area (Å²) in [7, 11) is 0. The predicted molar refractivity (Wildman–Crippen MR) is 126 cm³/mol. The lowest BCUT2D eigenvalue weighted by atomic mass is 9.46. The number of carbonyl (C=O) groups excluding carboxylic acids is 1. The number of halogens is 1. The number of allylic oxidation sites excluding steroid dienone is 1. The fourth-order valence-electron chi connectivity index (χ4n) is 8.58. The van der Waals surface area contributed by atoms with E-state index in [9.17, 15) is 4.79 Å². The van der Waals surface area contributed by atoms with Gasteiger partial charge in [0.05, 0.1) is 0 Å². The maximum Gasteiger partial charge on any atom is 0.155 e. The summed E-state index contributed by atoms with van der Waals surface area (Å²) in [6.45, 7) is 12.5. The van der Waals surface area contributed by atoms with Gasteiger partial charge >= 0.3 is 0 Å².